The number of hydrogen-bond acceptors (Lipinski definition) is 1. The summed E-state index contributed by atoms with van der Waals surface area (Å²) >= 11 is 0. The predicted molar refractivity (Wildman–Crippen MR) is 83.1 cm³/mol. The summed E-state index contributed by atoms with van der Waals surface area (Å²) in [5.74, 6) is 0. The van der Waals surface area contributed by atoms with Crippen LogP contribution in [0.2, 0.25) is 0 Å². The highest BCUT2D eigenvalue weighted by Gasteiger charge is 2.05. The Morgan fingerprint density at radius 2 is 1.68 bits per heavy atom. The van der Waals surface area contributed by atoms with Gasteiger partial charge in [-0.1, -0.05) is 62.7 Å². The van der Waals surface area contributed by atoms with Gasteiger partial charge in [0, 0.05) is 6.04 Å². The summed E-state index contributed by atoms with van der Waals surface area (Å²) in [4.78, 5) is 0. The van der Waals surface area contributed by atoms with Crippen molar-refractivity contribution in [2.75, 3.05) is 0 Å². The van der Waals surface area contributed by atoms with E-state index in [1.165, 1.54) is 28.7 Å². The quantitative estimate of drug-likeness (QED) is 0.820. The fraction of sp³-hybridized carbons (Fsp3) is 0.333. The first-order valence-electron chi connectivity index (χ1n) is 7.19. The van der Waals surface area contributed by atoms with Crippen molar-refractivity contribution in [1.29, 1.82) is 0 Å². The molecule has 1 atom stereocenters. The average Bonchev–Trinajstić information content (AvgIpc) is 2.48. The highest BCUT2D eigenvalue weighted by atomic mass is 14.6. The minimum Gasteiger partial charge on any atom is -0.324 e. The summed E-state index contributed by atoms with van der Waals surface area (Å²) in [7, 11) is 0. The molecule has 0 aromatic heterocycles. The van der Waals surface area contributed by atoms with Crippen LogP contribution in [-0.2, 0) is 6.42 Å². The highest BCUT2D eigenvalue weighted by molar-refractivity contribution is 5.64. The van der Waals surface area contributed by atoms with Crippen LogP contribution in [0.25, 0.3) is 11.1 Å². The summed E-state index contributed by atoms with van der Waals surface area (Å²) in [6.07, 6.45) is 3.32. The van der Waals surface area contributed by atoms with Gasteiger partial charge in [0.2, 0.25) is 0 Å². The van der Waals surface area contributed by atoms with Crippen LogP contribution in [0.3, 0.4) is 0 Å². The first-order chi connectivity index (χ1) is 9.24. The van der Waals surface area contributed by atoms with E-state index in [9.17, 15) is 0 Å². The van der Waals surface area contributed by atoms with Gasteiger partial charge in [0.15, 0.2) is 0 Å². The molecule has 100 valence electrons. The van der Waals surface area contributed by atoms with E-state index < -0.39 is 0 Å². The molecule has 0 heterocycles. The minimum atomic E-state index is 0.138. The molecule has 0 saturated heterocycles. The third-order valence-corrected chi connectivity index (χ3v) is 3.58. The third kappa shape index (κ3) is 3.45. The van der Waals surface area contributed by atoms with Gasteiger partial charge in [-0.25, -0.2) is 0 Å². The van der Waals surface area contributed by atoms with E-state index in [2.05, 4.69) is 62.4 Å². The second kappa shape index (κ2) is 6.53. The second-order valence-electron chi connectivity index (χ2n) is 5.09. The zero-order valence-electron chi connectivity index (χ0n) is 11.9. The number of benzene rings is 2. The van der Waals surface area contributed by atoms with Crippen LogP contribution in [0.1, 0.15) is 43.9 Å². The highest BCUT2D eigenvalue weighted by Crippen LogP contribution is 2.24. The molecule has 19 heavy (non-hydrogen) atoms. The molecule has 1 heteroatoms. The number of nitrogens with two attached hydrogens (primary N) is 1. The Balaban J connectivity index is 2.26. The van der Waals surface area contributed by atoms with Crippen LogP contribution < -0.4 is 5.73 Å². The normalized spacial score (nSPS) is 12.4. The molecule has 0 aliphatic carbocycles. The molecule has 0 amide bonds. The van der Waals surface area contributed by atoms with Crippen molar-refractivity contribution in [3.05, 3.63) is 59.7 Å². The first kappa shape index (κ1) is 13.8. The van der Waals surface area contributed by atoms with Gasteiger partial charge >= 0.3 is 0 Å². The molecular weight excluding hydrogens is 230 g/mol. The van der Waals surface area contributed by atoms with Crippen LogP contribution in [0.15, 0.2) is 48.5 Å². The lowest BCUT2D eigenvalue weighted by molar-refractivity contribution is 0.699. The zero-order chi connectivity index (χ0) is 13.7. The average molecular weight is 253 g/mol. The fourth-order valence-corrected chi connectivity index (χ4v) is 2.34. The van der Waals surface area contributed by atoms with Gasteiger partial charge < -0.3 is 5.73 Å². The summed E-state index contributed by atoms with van der Waals surface area (Å²) in [6, 6.07) is 17.6. The maximum Gasteiger partial charge on any atom is 0.0292 e. The van der Waals surface area contributed by atoms with Crippen molar-refractivity contribution in [1.82, 2.24) is 0 Å². The van der Waals surface area contributed by atoms with Crippen molar-refractivity contribution < 1.29 is 0 Å². The predicted octanol–water partition coefficient (Wildman–Crippen LogP) is 4.72. The van der Waals surface area contributed by atoms with Crippen LogP contribution >= 0.6 is 0 Å². The third-order valence-electron chi connectivity index (χ3n) is 3.58. The van der Waals surface area contributed by atoms with Gasteiger partial charge in [-0.2, -0.15) is 0 Å². The van der Waals surface area contributed by atoms with Crippen molar-refractivity contribution in [2.24, 2.45) is 5.73 Å². The molecule has 0 aliphatic rings. The van der Waals surface area contributed by atoms with Crippen molar-refractivity contribution in [3.63, 3.8) is 0 Å². The number of aryl methyl sites for hydroxylation is 1. The van der Waals surface area contributed by atoms with E-state index in [4.69, 9.17) is 5.73 Å². The van der Waals surface area contributed by atoms with Crippen LogP contribution in [0, 0.1) is 0 Å². The van der Waals surface area contributed by atoms with Crippen molar-refractivity contribution in [3.8, 4) is 11.1 Å². The monoisotopic (exact) mass is 253 g/mol. The Bertz CT molecular complexity index is 513. The largest absolute Gasteiger partial charge is 0.324 e. The summed E-state index contributed by atoms with van der Waals surface area (Å²) in [5, 5.41) is 0. The SMILES string of the molecule is CCCc1ccc(-c2cccc(C(N)CC)c2)cc1. The lowest BCUT2D eigenvalue weighted by Gasteiger charge is -2.11. The number of hydrogen-bond donors (Lipinski definition) is 1. The Kier molecular flexibility index (Phi) is 4.75. The van der Waals surface area contributed by atoms with Gasteiger partial charge in [0.25, 0.3) is 0 Å². The standard InChI is InChI=1S/C18H23N/c1-3-6-14-9-11-15(12-10-14)16-7-5-8-17(13-16)18(19)4-2/h5,7-13,18H,3-4,6,19H2,1-2H3. The maximum atomic E-state index is 6.10. The zero-order valence-corrected chi connectivity index (χ0v) is 11.9. The smallest absolute Gasteiger partial charge is 0.0292 e. The Morgan fingerprint density at radius 1 is 0.947 bits per heavy atom. The van der Waals surface area contributed by atoms with Gasteiger partial charge in [-0.3, -0.25) is 0 Å². The lowest BCUT2D eigenvalue weighted by atomic mass is 9.97. The fourth-order valence-electron chi connectivity index (χ4n) is 2.34. The molecule has 2 aromatic carbocycles. The van der Waals surface area contributed by atoms with Gasteiger partial charge in [-0.05, 0) is 41.2 Å². The Labute approximate surface area is 116 Å². The van der Waals surface area contributed by atoms with E-state index in [1.54, 1.807) is 0 Å². The van der Waals surface area contributed by atoms with Crippen LogP contribution in [0.5, 0.6) is 0 Å². The molecule has 2 rings (SSSR count). The number of rotatable bonds is 5. The molecule has 1 unspecified atom stereocenters. The molecule has 0 fully saturated rings. The Hall–Kier alpha value is -1.60. The molecular formula is C18H23N. The molecule has 2 aromatic rings. The topological polar surface area (TPSA) is 26.0 Å². The van der Waals surface area contributed by atoms with E-state index in [-0.39, 0.29) is 6.04 Å². The minimum absolute atomic E-state index is 0.138. The van der Waals surface area contributed by atoms with Gasteiger partial charge in [0.1, 0.15) is 0 Å². The molecule has 0 spiro atoms. The first-order valence-corrected chi connectivity index (χ1v) is 7.19. The molecule has 0 radical (unpaired) electrons. The van der Waals surface area contributed by atoms with Crippen LogP contribution in [-0.4, -0.2) is 0 Å². The van der Waals surface area contributed by atoms with E-state index in [1.807, 2.05) is 0 Å². The Morgan fingerprint density at radius 3 is 2.32 bits per heavy atom. The second-order valence-corrected chi connectivity index (χ2v) is 5.09. The molecule has 2 N–H and O–H groups in total. The van der Waals surface area contributed by atoms with E-state index in [0.717, 1.165) is 12.8 Å². The van der Waals surface area contributed by atoms with Crippen molar-refractivity contribution in [2.45, 2.75) is 39.2 Å². The summed E-state index contributed by atoms with van der Waals surface area (Å²) in [6.45, 7) is 4.33. The molecule has 0 bridgehead atoms. The lowest BCUT2D eigenvalue weighted by Crippen LogP contribution is -2.08. The van der Waals surface area contributed by atoms with E-state index in [0.29, 0.717) is 0 Å². The molecule has 1 nitrogen and oxygen atoms in total. The van der Waals surface area contributed by atoms with Crippen molar-refractivity contribution >= 4 is 0 Å². The van der Waals surface area contributed by atoms with Gasteiger partial charge in [0.05, 0.1) is 0 Å². The summed E-state index contributed by atoms with van der Waals surface area (Å²) < 4.78 is 0. The van der Waals surface area contributed by atoms with Gasteiger partial charge in [-0.15, -0.1) is 0 Å². The molecule has 0 aliphatic heterocycles. The maximum absolute atomic E-state index is 6.10. The van der Waals surface area contributed by atoms with Crippen LogP contribution in [0.4, 0.5) is 0 Å². The summed E-state index contributed by atoms with van der Waals surface area (Å²) in [5.41, 5.74) is 11.3. The van der Waals surface area contributed by atoms with E-state index >= 15 is 0 Å². The molecule has 0 saturated carbocycles.